The van der Waals surface area contributed by atoms with E-state index in [9.17, 15) is 0 Å². The first-order valence-electron chi connectivity index (χ1n) is 3.78. The van der Waals surface area contributed by atoms with Crippen LogP contribution >= 0.6 is 0 Å². The summed E-state index contributed by atoms with van der Waals surface area (Å²) in [5.41, 5.74) is 0. The molecule has 0 aromatic carbocycles. The molecule has 0 saturated carbocycles. The molecule has 1 N–H and O–H groups in total. The molecule has 1 rings (SSSR count). The van der Waals surface area contributed by atoms with Crippen LogP contribution in [-0.2, 0) is 13.0 Å². The van der Waals surface area contributed by atoms with Crippen LogP contribution in [0.25, 0.3) is 0 Å². The summed E-state index contributed by atoms with van der Waals surface area (Å²) in [7, 11) is 1.90. The number of hydrogen-bond acceptors (Lipinski definition) is 4. The van der Waals surface area contributed by atoms with Crippen molar-refractivity contribution in [2.45, 2.75) is 19.9 Å². The van der Waals surface area contributed by atoms with Crippen molar-refractivity contribution in [1.29, 1.82) is 0 Å². The Morgan fingerprint density at radius 2 is 2.36 bits per heavy atom. The van der Waals surface area contributed by atoms with Crippen LogP contribution in [0.1, 0.15) is 12.7 Å². The molecule has 1 aromatic rings. The van der Waals surface area contributed by atoms with Crippen molar-refractivity contribution in [1.82, 2.24) is 25.5 Å². The molecule has 1 heterocycles. The summed E-state index contributed by atoms with van der Waals surface area (Å²) in [6.45, 7) is 3.67. The molecule has 5 nitrogen and oxygen atoms in total. The molecule has 0 aliphatic carbocycles. The quantitative estimate of drug-likeness (QED) is 0.634. The van der Waals surface area contributed by atoms with E-state index >= 15 is 0 Å². The smallest absolute Gasteiger partial charge is 0.174 e. The third-order valence-corrected chi connectivity index (χ3v) is 1.37. The van der Waals surface area contributed by atoms with Gasteiger partial charge in [0, 0.05) is 13.0 Å². The highest BCUT2D eigenvalue weighted by molar-refractivity contribution is 4.73. The Balaban J connectivity index is 2.44. The van der Waals surface area contributed by atoms with Crippen LogP contribution in [-0.4, -0.2) is 33.8 Å². The van der Waals surface area contributed by atoms with Crippen molar-refractivity contribution in [3.8, 4) is 0 Å². The van der Waals surface area contributed by atoms with Crippen molar-refractivity contribution in [2.24, 2.45) is 0 Å². The number of aryl methyl sites for hydroxylation is 1. The fraction of sp³-hybridized carbons (Fsp3) is 0.833. The minimum atomic E-state index is 0.781. The predicted octanol–water partition coefficient (Wildman–Crippen LogP) is -0.545. The number of hydrogen-bond donors (Lipinski definition) is 1. The lowest BCUT2D eigenvalue weighted by Crippen LogP contribution is -2.16. The number of tetrazole rings is 1. The third-order valence-electron chi connectivity index (χ3n) is 1.37. The zero-order valence-corrected chi connectivity index (χ0v) is 6.91. The van der Waals surface area contributed by atoms with Gasteiger partial charge in [-0.25, -0.2) is 0 Å². The molecule has 0 atom stereocenters. The second-order valence-electron chi connectivity index (χ2n) is 2.26. The molecule has 0 fully saturated rings. The van der Waals surface area contributed by atoms with E-state index in [1.165, 1.54) is 0 Å². The normalized spacial score (nSPS) is 10.4. The van der Waals surface area contributed by atoms with Gasteiger partial charge in [-0.15, -0.1) is 10.2 Å². The average Bonchev–Trinajstić information content (AvgIpc) is 2.48. The monoisotopic (exact) mass is 155 g/mol. The molecule has 5 heteroatoms. The van der Waals surface area contributed by atoms with Crippen LogP contribution in [0.5, 0.6) is 0 Å². The molecule has 1 aromatic heterocycles. The number of nitrogens with one attached hydrogen (secondary N) is 1. The van der Waals surface area contributed by atoms with E-state index in [1.807, 2.05) is 14.0 Å². The summed E-state index contributed by atoms with van der Waals surface area (Å²) >= 11 is 0. The molecular weight excluding hydrogens is 142 g/mol. The van der Waals surface area contributed by atoms with E-state index in [0.29, 0.717) is 0 Å². The fourth-order valence-electron chi connectivity index (χ4n) is 0.724. The number of likely N-dealkylation sites (N-methyl/N-ethyl adjacent to an activating group) is 1. The molecule has 0 radical (unpaired) electrons. The zero-order valence-electron chi connectivity index (χ0n) is 6.91. The van der Waals surface area contributed by atoms with Gasteiger partial charge in [0.25, 0.3) is 0 Å². The van der Waals surface area contributed by atoms with Crippen LogP contribution in [0.4, 0.5) is 0 Å². The molecule has 0 unspecified atom stereocenters. The fourth-order valence-corrected chi connectivity index (χ4v) is 0.724. The standard InChI is InChI=1S/C6H13N5/c1-3-6-8-10-11(9-6)5-4-7-2/h7H,3-5H2,1-2H3. The summed E-state index contributed by atoms with van der Waals surface area (Å²) in [6.07, 6.45) is 0.847. The van der Waals surface area contributed by atoms with Crippen LogP contribution < -0.4 is 5.32 Å². The van der Waals surface area contributed by atoms with E-state index in [4.69, 9.17) is 0 Å². The minimum absolute atomic E-state index is 0.781. The van der Waals surface area contributed by atoms with Gasteiger partial charge in [-0.3, -0.25) is 0 Å². The van der Waals surface area contributed by atoms with Gasteiger partial charge in [0.2, 0.25) is 0 Å². The summed E-state index contributed by atoms with van der Waals surface area (Å²) in [4.78, 5) is 1.61. The van der Waals surface area contributed by atoms with Gasteiger partial charge in [0.15, 0.2) is 5.82 Å². The minimum Gasteiger partial charge on any atom is -0.318 e. The average molecular weight is 155 g/mol. The van der Waals surface area contributed by atoms with Gasteiger partial charge >= 0.3 is 0 Å². The van der Waals surface area contributed by atoms with E-state index in [-0.39, 0.29) is 0 Å². The second kappa shape index (κ2) is 4.02. The molecule has 0 amide bonds. The van der Waals surface area contributed by atoms with Crippen molar-refractivity contribution < 1.29 is 0 Å². The maximum atomic E-state index is 4.12. The van der Waals surface area contributed by atoms with Gasteiger partial charge < -0.3 is 5.32 Å². The Morgan fingerprint density at radius 3 is 2.91 bits per heavy atom. The van der Waals surface area contributed by atoms with Crippen LogP contribution in [0, 0.1) is 0 Å². The van der Waals surface area contributed by atoms with Gasteiger partial charge in [0.05, 0.1) is 6.54 Å². The highest BCUT2D eigenvalue weighted by Gasteiger charge is 1.97. The Hall–Kier alpha value is -0.970. The summed E-state index contributed by atoms with van der Waals surface area (Å²) in [6, 6.07) is 0. The molecule has 0 bridgehead atoms. The molecular formula is C6H13N5. The largest absolute Gasteiger partial charge is 0.318 e. The first-order valence-corrected chi connectivity index (χ1v) is 3.78. The number of nitrogens with zero attached hydrogens (tertiary/aromatic N) is 4. The molecule has 0 spiro atoms. The Morgan fingerprint density at radius 1 is 1.55 bits per heavy atom. The maximum Gasteiger partial charge on any atom is 0.174 e. The Bertz CT molecular complexity index is 206. The van der Waals surface area contributed by atoms with Gasteiger partial charge in [-0.1, -0.05) is 6.92 Å². The SMILES string of the molecule is CCc1nnn(CCNC)n1. The second-order valence-corrected chi connectivity index (χ2v) is 2.26. The van der Waals surface area contributed by atoms with Crippen LogP contribution in [0.15, 0.2) is 0 Å². The van der Waals surface area contributed by atoms with Crippen molar-refractivity contribution in [3.63, 3.8) is 0 Å². The van der Waals surface area contributed by atoms with E-state index in [1.54, 1.807) is 4.80 Å². The highest BCUT2D eigenvalue weighted by atomic mass is 15.6. The summed E-state index contributed by atoms with van der Waals surface area (Å²) in [5.74, 6) is 0.807. The van der Waals surface area contributed by atoms with Crippen molar-refractivity contribution >= 4 is 0 Å². The first kappa shape index (κ1) is 8.13. The summed E-state index contributed by atoms with van der Waals surface area (Å²) in [5, 5.41) is 14.8. The summed E-state index contributed by atoms with van der Waals surface area (Å²) < 4.78 is 0. The van der Waals surface area contributed by atoms with Crippen molar-refractivity contribution in [2.75, 3.05) is 13.6 Å². The van der Waals surface area contributed by atoms with Gasteiger partial charge in [-0.05, 0) is 12.3 Å². The van der Waals surface area contributed by atoms with Gasteiger partial charge in [-0.2, -0.15) is 4.80 Å². The molecule has 0 aliphatic heterocycles. The van der Waals surface area contributed by atoms with Crippen LogP contribution in [0.2, 0.25) is 0 Å². The topological polar surface area (TPSA) is 55.6 Å². The zero-order chi connectivity index (χ0) is 8.10. The molecule has 62 valence electrons. The number of aromatic nitrogens is 4. The lowest BCUT2D eigenvalue weighted by Gasteiger charge is -1.94. The van der Waals surface area contributed by atoms with E-state index in [2.05, 4.69) is 20.7 Å². The van der Waals surface area contributed by atoms with Crippen molar-refractivity contribution in [3.05, 3.63) is 5.82 Å². The molecule has 0 saturated heterocycles. The molecule has 11 heavy (non-hydrogen) atoms. The lowest BCUT2D eigenvalue weighted by molar-refractivity contribution is 0.506. The number of rotatable bonds is 4. The highest BCUT2D eigenvalue weighted by Crippen LogP contribution is 1.85. The third kappa shape index (κ3) is 2.27. The Labute approximate surface area is 65.8 Å². The maximum absolute atomic E-state index is 4.12. The Kier molecular flexibility index (Phi) is 2.97. The lowest BCUT2D eigenvalue weighted by atomic mass is 10.5. The van der Waals surface area contributed by atoms with E-state index in [0.717, 1.165) is 25.3 Å². The predicted molar refractivity (Wildman–Crippen MR) is 41.1 cm³/mol. The first-order chi connectivity index (χ1) is 5.36. The van der Waals surface area contributed by atoms with Crippen LogP contribution in [0.3, 0.4) is 0 Å². The molecule has 0 aliphatic rings. The van der Waals surface area contributed by atoms with Gasteiger partial charge in [0.1, 0.15) is 0 Å². The van der Waals surface area contributed by atoms with E-state index < -0.39 is 0 Å².